The molecule has 0 aliphatic heterocycles. The van der Waals surface area contributed by atoms with Crippen LogP contribution in [0.15, 0.2) is 10.5 Å². The van der Waals surface area contributed by atoms with Crippen LogP contribution < -0.4 is 5.32 Å². The topological polar surface area (TPSA) is 101 Å². The summed E-state index contributed by atoms with van der Waals surface area (Å²) in [6.07, 6.45) is -5.05. The molecular formula is C8H6F3N3O4S. The first-order chi connectivity index (χ1) is 8.75. The van der Waals surface area contributed by atoms with E-state index in [2.05, 4.69) is 15.0 Å². The number of rotatable bonds is 4. The number of hydrogen-bond donors (Lipinski definition) is 2. The van der Waals surface area contributed by atoms with E-state index in [-0.39, 0.29) is 5.69 Å². The van der Waals surface area contributed by atoms with E-state index >= 15 is 0 Å². The standard InChI is InChI=1S/C8H6F3N3O4S/c1-18-14-4(5(15)16)3-2-19-7(12-3)13-6(17)8(9,10)11/h2H,1H3,(H,15,16)(H,12,13,17)/b14-4+. The van der Waals surface area contributed by atoms with Crippen molar-refractivity contribution in [2.45, 2.75) is 6.18 Å². The molecule has 104 valence electrons. The second-order valence-electron chi connectivity index (χ2n) is 2.92. The molecular weight excluding hydrogens is 291 g/mol. The number of carbonyl (C=O) groups excluding carboxylic acids is 1. The minimum Gasteiger partial charge on any atom is -0.476 e. The smallest absolute Gasteiger partial charge is 0.471 e. The second-order valence-corrected chi connectivity index (χ2v) is 3.78. The summed E-state index contributed by atoms with van der Waals surface area (Å²) in [5.41, 5.74) is -0.817. The van der Waals surface area contributed by atoms with Gasteiger partial charge in [-0.15, -0.1) is 11.3 Å². The molecule has 2 N–H and O–H groups in total. The molecule has 0 aromatic carbocycles. The summed E-state index contributed by atoms with van der Waals surface area (Å²) in [6, 6.07) is 0. The highest BCUT2D eigenvalue weighted by Gasteiger charge is 2.39. The molecule has 0 unspecified atom stereocenters. The number of thiazole rings is 1. The molecule has 1 rings (SSSR count). The van der Waals surface area contributed by atoms with Crippen molar-refractivity contribution in [3.05, 3.63) is 11.1 Å². The van der Waals surface area contributed by atoms with Crippen molar-refractivity contribution in [3.63, 3.8) is 0 Å². The number of anilines is 1. The maximum absolute atomic E-state index is 12.0. The van der Waals surface area contributed by atoms with Gasteiger partial charge in [-0.2, -0.15) is 13.2 Å². The summed E-state index contributed by atoms with van der Waals surface area (Å²) in [4.78, 5) is 29.2. The minimum absolute atomic E-state index is 0.225. The van der Waals surface area contributed by atoms with Gasteiger partial charge in [0.2, 0.25) is 5.71 Å². The van der Waals surface area contributed by atoms with Crippen LogP contribution in [-0.2, 0) is 14.4 Å². The van der Waals surface area contributed by atoms with Gasteiger partial charge < -0.3 is 9.94 Å². The van der Waals surface area contributed by atoms with E-state index in [0.717, 1.165) is 12.5 Å². The van der Waals surface area contributed by atoms with Gasteiger partial charge in [-0.05, 0) is 0 Å². The Kier molecular flexibility index (Phi) is 4.43. The second kappa shape index (κ2) is 5.65. The van der Waals surface area contributed by atoms with E-state index in [9.17, 15) is 22.8 Å². The van der Waals surface area contributed by atoms with E-state index in [4.69, 9.17) is 5.11 Å². The summed E-state index contributed by atoms with van der Waals surface area (Å²) in [7, 11) is 1.10. The fourth-order valence-electron chi connectivity index (χ4n) is 0.895. The van der Waals surface area contributed by atoms with Crippen molar-refractivity contribution in [1.29, 1.82) is 0 Å². The molecule has 0 aliphatic carbocycles. The third-order valence-corrected chi connectivity index (χ3v) is 2.37. The van der Waals surface area contributed by atoms with E-state index in [1.807, 2.05) is 0 Å². The van der Waals surface area contributed by atoms with Crippen molar-refractivity contribution >= 4 is 34.1 Å². The van der Waals surface area contributed by atoms with Crippen LogP contribution in [-0.4, -0.2) is 41.0 Å². The van der Waals surface area contributed by atoms with Gasteiger partial charge in [0.15, 0.2) is 5.13 Å². The van der Waals surface area contributed by atoms with Gasteiger partial charge in [-0.25, -0.2) is 9.78 Å². The maximum atomic E-state index is 12.0. The Labute approximate surface area is 107 Å². The summed E-state index contributed by atoms with van der Waals surface area (Å²) in [5, 5.41) is 14.1. The fraction of sp³-hybridized carbons (Fsp3) is 0.250. The number of carboxylic acid groups (broad SMARTS) is 1. The first-order valence-electron chi connectivity index (χ1n) is 4.44. The van der Waals surface area contributed by atoms with Gasteiger partial charge in [-0.3, -0.25) is 10.1 Å². The van der Waals surface area contributed by atoms with Gasteiger partial charge in [0.1, 0.15) is 12.8 Å². The minimum atomic E-state index is -5.05. The molecule has 0 atom stereocenters. The number of carbonyl (C=O) groups is 2. The van der Waals surface area contributed by atoms with Crippen LogP contribution in [0.3, 0.4) is 0 Å². The first-order valence-corrected chi connectivity index (χ1v) is 5.32. The Bertz CT molecular complexity index is 526. The quantitative estimate of drug-likeness (QED) is 0.639. The highest BCUT2D eigenvalue weighted by Crippen LogP contribution is 2.21. The third-order valence-electron chi connectivity index (χ3n) is 1.61. The maximum Gasteiger partial charge on any atom is 0.471 e. The summed E-state index contributed by atoms with van der Waals surface area (Å²) in [5.74, 6) is -3.67. The number of alkyl halides is 3. The molecule has 1 heterocycles. The highest BCUT2D eigenvalue weighted by atomic mass is 32.1. The number of oxime groups is 1. The van der Waals surface area contributed by atoms with Crippen LogP contribution in [0.4, 0.5) is 18.3 Å². The zero-order valence-electron chi connectivity index (χ0n) is 9.19. The number of halogens is 3. The molecule has 0 saturated heterocycles. The number of nitrogens with one attached hydrogen (secondary N) is 1. The van der Waals surface area contributed by atoms with Crippen molar-refractivity contribution in [1.82, 2.24) is 4.98 Å². The molecule has 0 bridgehead atoms. The number of aliphatic carboxylic acids is 1. The van der Waals surface area contributed by atoms with Gasteiger partial charge >= 0.3 is 18.1 Å². The number of hydrogen-bond acceptors (Lipinski definition) is 6. The Hall–Kier alpha value is -2.17. The van der Waals surface area contributed by atoms with Gasteiger partial charge in [0.05, 0.1) is 0 Å². The lowest BCUT2D eigenvalue weighted by Gasteiger charge is -2.04. The van der Waals surface area contributed by atoms with E-state index in [1.54, 1.807) is 0 Å². The molecule has 7 nitrogen and oxygen atoms in total. The Morgan fingerprint density at radius 3 is 2.63 bits per heavy atom. The zero-order valence-corrected chi connectivity index (χ0v) is 10.0. The summed E-state index contributed by atoms with van der Waals surface area (Å²) >= 11 is 0.623. The van der Waals surface area contributed by atoms with Crippen LogP contribution in [0.5, 0.6) is 0 Å². The molecule has 11 heteroatoms. The molecule has 0 saturated carbocycles. The van der Waals surface area contributed by atoms with Crippen molar-refractivity contribution < 1.29 is 32.7 Å². The average molecular weight is 297 g/mol. The van der Waals surface area contributed by atoms with Gasteiger partial charge in [-0.1, -0.05) is 5.16 Å². The molecule has 1 amide bonds. The number of carboxylic acids is 1. The molecule has 0 radical (unpaired) electrons. The van der Waals surface area contributed by atoms with Crippen LogP contribution in [0, 0.1) is 0 Å². The van der Waals surface area contributed by atoms with Crippen LogP contribution in [0.1, 0.15) is 5.69 Å². The molecule has 1 aromatic heterocycles. The van der Waals surface area contributed by atoms with Crippen LogP contribution in [0.25, 0.3) is 0 Å². The van der Waals surface area contributed by atoms with Crippen molar-refractivity contribution in [2.24, 2.45) is 5.16 Å². The lowest BCUT2D eigenvalue weighted by atomic mass is 10.3. The molecule has 0 spiro atoms. The van der Waals surface area contributed by atoms with Crippen molar-refractivity contribution in [2.75, 3.05) is 12.4 Å². The number of amides is 1. The fourth-order valence-corrected chi connectivity index (χ4v) is 1.58. The number of aromatic nitrogens is 1. The largest absolute Gasteiger partial charge is 0.476 e. The Balaban J connectivity index is 2.91. The number of nitrogens with zero attached hydrogens (tertiary/aromatic N) is 2. The summed E-state index contributed by atoms with van der Waals surface area (Å²) in [6.45, 7) is 0. The summed E-state index contributed by atoms with van der Waals surface area (Å²) < 4.78 is 35.9. The Morgan fingerprint density at radius 1 is 1.53 bits per heavy atom. The van der Waals surface area contributed by atoms with Crippen molar-refractivity contribution in [3.8, 4) is 0 Å². The third kappa shape index (κ3) is 3.91. The average Bonchev–Trinajstić information content (AvgIpc) is 2.72. The lowest BCUT2D eigenvalue weighted by Crippen LogP contribution is -2.29. The monoisotopic (exact) mass is 297 g/mol. The first kappa shape index (κ1) is 14.9. The molecule has 1 aromatic rings. The molecule has 0 fully saturated rings. The SMILES string of the molecule is CO/N=C(/C(=O)O)c1csc(NC(=O)C(F)(F)F)n1. The Morgan fingerprint density at radius 2 is 2.16 bits per heavy atom. The van der Waals surface area contributed by atoms with E-state index in [1.165, 1.54) is 5.32 Å². The molecule has 0 aliphatic rings. The highest BCUT2D eigenvalue weighted by molar-refractivity contribution is 7.14. The van der Waals surface area contributed by atoms with E-state index in [0.29, 0.717) is 11.3 Å². The van der Waals surface area contributed by atoms with E-state index < -0.39 is 28.9 Å². The normalized spacial score (nSPS) is 12.1. The van der Waals surface area contributed by atoms with Gasteiger partial charge in [0, 0.05) is 5.38 Å². The van der Waals surface area contributed by atoms with Crippen LogP contribution in [0.2, 0.25) is 0 Å². The van der Waals surface area contributed by atoms with Gasteiger partial charge in [0.25, 0.3) is 0 Å². The predicted octanol–water partition coefficient (Wildman–Crippen LogP) is 1.08. The lowest BCUT2D eigenvalue weighted by molar-refractivity contribution is -0.167. The predicted molar refractivity (Wildman–Crippen MR) is 58.0 cm³/mol. The zero-order chi connectivity index (χ0) is 14.6. The molecule has 19 heavy (non-hydrogen) atoms. The van der Waals surface area contributed by atoms with Crippen LogP contribution >= 0.6 is 11.3 Å².